The number of likely N-dealkylation sites (tertiary alicyclic amines) is 1. The number of carbonyl (C=O) groups is 1. The largest absolute Gasteiger partial charge is 0.480 e. The van der Waals surface area contributed by atoms with Crippen molar-refractivity contribution in [3.05, 3.63) is 0 Å². The van der Waals surface area contributed by atoms with Gasteiger partial charge in [-0.25, -0.2) is 0 Å². The first-order valence-electron chi connectivity index (χ1n) is 5.48. The third-order valence-corrected chi connectivity index (χ3v) is 2.87. The van der Waals surface area contributed by atoms with E-state index >= 15 is 0 Å². The number of carboxylic acid groups (broad SMARTS) is 1. The number of aliphatic carboxylic acids is 1. The van der Waals surface area contributed by atoms with Crippen LogP contribution in [0.15, 0.2) is 0 Å². The van der Waals surface area contributed by atoms with E-state index in [1.54, 1.807) is 0 Å². The monoisotopic (exact) mass is 215 g/mol. The highest BCUT2D eigenvalue weighted by Crippen LogP contribution is 2.15. The second kappa shape index (κ2) is 6.05. The highest BCUT2D eigenvalue weighted by atomic mass is 16.4. The lowest BCUT2D eigenvalue weighted by atomic mass is 9.97. The van der Waals surface area contributed by atoms with E-state index in [2.05, 4.69) is 10.2 Å². The molecule has 2 unspecified atom stereocenters. The molecule has 0 aromatic rings. The summed E-state index contributed by atoms with van der Waals surface area (Å²) in [5.41, 5.74) is 5.51. The molecular formula is C10H21N3O2. The molecule has 1 rings (SSSR count). The molecule has 1 aliphatic heterocycles. The molecule has 1 aliphatic rings. The summed E-state index contributed by atoms with van der Waals surface area (Å²) in [6.07, 6.45) is 2.36. The first kappa shape index (κ1) is 12.4. The van der Waals surface area contributed by atoms with Crippen LogP contribution in [0, 0.1) is 5.92 Å². The second-order valence-corrected chi connectivity index (χ2v) is 4.27. The van der Waals surface area contributed by atoms with Crippen molar-refractivity contribution in [1.29, 1.82) is 0 Å². The van der Waals surface area contributed by atoms with Crippen molar-refractivity contribution in [2.24, 2.45) is 11.7 Å². The molecule has 0 radical (unpaired) electrons. The molecule has 5 nitrogen and oxygen atoms in total. The van der Waals surface area contributed by atoms with Crippen LogP contribution in [0.5, 0.6) is 0 Å². The molecule has 0 aliphatic carbocycles. The van der Waals surface area contributed by atoms with E-state index in [1.807, 2.05) is 7.05 Å². The Labute approximate surface area is 90.6 Å². The molecule has 1 heterocycles. The third kappa shape index (κ3) is 4.15. The van der Waals surface area contributed by atoms with Crippen LogP contribution < -0.4 is 11.1 Å². The van der Waals surface area contributed by atoms with E-state index in [4.69, 9.17) is 10.8 Å². The first-order valence-corrected chi connectivity index (χ1v) is 5.48. The van der Waals surface area contributed by atoms with Gasteiger partial charge in [0.05, 0.1) is 0 Å². The van der Waals surface area contributed by atoms with Gasteiger partial charge in [-0.05, 0) is 38.9 Å². The maximum absolute atomic E-state index is 10.6. The Morgan fingerprint density at radius 3 is 3.07 bits per heavy atom. The van der Waals surface area contributed by atoms with Crippen LogP contribution in [0.1, 0.15) is 12.8 Å². The number of rotatable bonds is 5. The fourth-order valence-electron chi connectivity index (χ4n) is 2.13. The molecule has 4 N–H and O–H groups in total. The van der Waals surface area contributed by atoms with Crippen molar-refractivity contribution in [3.63, 3.8) is 0 Å². The smallest absolute Gasteiger partial charge is 0.321 e. The maximum atomic E-state index is 10.6. The van der Waals surface area contributed by atoms with Gasteiger partial charge in [0.2, 0.25) is 0 Å². The summed E-state index contributed by atoms with van der Waals surface area (Å²) in [5, 5.41) is 11.9. The fourth-order valence-corrected chi connectivity index (χ4v) is 2.13. The highest BCUT2D eigenvalue weighted by Gasteiger charge is 2.22. The number of nitrogens with one attached hydrogen (secondary N) is 1. The van der Waals surface area contributed by atoms with Crippen molar-refractivity contribution < 1.29 is 9.90 Å². The summed E-state index contributed by atoms with van der Waals surface area (Å²) in [6, 6.07) is -0.752. The Kier molecular flexibility index (Phi) is 5.01. The summed E-state index contributed by atoms with van der Waals surface area (Å²) < 4.78 is 0. The summed E-state index contributed by atoms with van der Waals surface area (Å²) in [7, 11) is 1.95. The molecule has 0 bridgehead atoms. The van der Waals surface area contributed by atoms with Crippen LogP contribution in [-0.4, -0.2) is 55.2 Å². The molecule has 0 spiro atoms. The molecule has 0 aromatic heterocycles. The zero-order valence-corrected chi connectivity index (χ0v) is 9.28. The summed E-state index contributed by atoms with van der Waals surface area (Å²) in [6.45, 7) is 3.40. The van der Waals surface area contributed by atoms with E-state index in [1.165, 1.54) is 6.42 Å². The number of nitrogens with two attached hydrogens (primary N) is 1. The quantitative estimate of drug-likeness (QED) is 0.567. The van der Waals surface area contributed by atoms with Crippen molar-refractivity contribution in [2.75, 3.05) is 33.2 Å². The standard InChI is InChI=1S/C10H21N3O2/c1-12-5-8-3-2-4-13(6-8)7-9(11)10(14)15/h8-9,12H,2-7,11H2,1H3,(H,14,15). The predicted molar refractivity (Wildman–Crippen MR) is 58.7 cm³/mol. The number of carboxylic acids is 1. The van der Waals surface area contributed by atoms with Crippen molar-refractivity contribution >= 4 is 5.97 Å². The van der Waals surface area contributed by atoms with E-state index < -0.39 is 12.0 Å². The van der Waals surface area contributed by atoms with Crippen LogP contribution in [-0.2, 0) is 4.79 Å². The van der Waals surface area contributed by atoms with E-state index in [9.17, 15) is 4.79 Å². The predicted octanol–water partition coefficient (Wildman–Crippen LogP) is -0.670. The Morgan fingerprint density at radius 1 is 1.73 bits per heavy atom. The zero-order chi connectivity index (χ0) is 11.3. The molecule has 0 aromatic carbocycles. The molecule has 0 amide bonds. The molecule has 1 saturated heterocycles. The van der Waals surface area contributed by atoms with Crippen molar-refractivity contribution in [3.8, 4) is 0 Å². The van der Waals surface area contributed by atoms with E-state index in [-0.39, 0.29) is 0 Å². The number of hydrogen-bond acceptors (Lipinski definition) is 4. The second-order valence-electron chi connectivity index (χ2n) is 4.27. The van der Waals surface area contributed by atoms with Crippen LogP contribution in [0.2, 0.25) is 0 Å². The molecule has 88 valence electrons. The Bertz CT molecular complexity index is 209. The average molecular weight is 215 g/mol. The van der Waals surface area contributed by atoms with Gasteiger partial charge in [0, 0.05) is 13.1 Å². The first-order chi connectivity index (χ1) is 7.13. The molecule has 0 saturated carbocycles. The minimum absolute atomic E-state index is 0.468. The lowest BCUT2D eigenvalue weighted by Gasteiger charge is -2.33. The van der Waals surface area contributed by atoms with E-state index in [0.29, 0.717) is 12.5 Å². The van der Waals surface area contributed by atoms with Crippen LogP contribution in [0.4, 0.5) is 0 Å². The lowest BCUT2D eigenvalue weighted by molar-refractivity contribution is -0.139. The molecule has 15 heavy (non-hydrogen) atoms. The fraction of sp³-hybridized carbons (Fsp3) is 0.900. The van der Waals surface area contributed by atoms with Gasteiger partial charge in [-0.15, -0.1) is 0 Å². The number of piperidine rings is 1. The van der Waals surface area contributed by atoms with Gasteiger partial charge in [-0.2, -0.15) is 0 Å². The number of nitrogens with zero attached hydrogens (tertiary/aromatic N) is 1. The summed E-state index contributed by atoms with van der Waals surface area (Å²) in [4.78, 5) is 12.8. The average Bonchev–Trinajstić information content (AvgIpc) is 2.18. The van der Waals surface area contributed by atoms with Crippen LogP contribution in [0.25, 0.3) is 0 Å². The minimum atomic E-state index is -0.911. The Balaban J connectivity index is 2.32. The topological polar surface area (TPSA) is 78.6 Å². The van der Waals surface area contributed by atoms with Gasteiger partial charge < -0.3 is 21.1 Å². The van der Waals surface area contributed by atoms with Gasteiger partial charge in [0.15, 0.2) is 0 Å². The van der Waals surface area contributed by atoms with Crippen LogP contribution in [0.3, 0.4) is 0 Å². The van der Waals surface area contributed by atoms with E-state index in [0.717, 1.165) is 26.1 Å². The summed E-state index contributed by atoms with van der Waals surface area (Å²) in [5.74, 6) is -0.282. The van der Waals surface area contributed by atoms with Crippen LogP contribution >= 0.6 is 0 Å². The van der Waals surface area contributed by atoms with Gasteiger partial charge >= 0.3 is 5.97 Å². The Morgan fingerprint density at radius 2 is 2.47 bits per heavy atom. The summed E-state index contributed by atoms with van der Waals surface area (Å²) >= 11 is 0. The van der Waals surface area contributed by atoms with Gasteiger partial charge in [0.25, 0.3) is 0 Å². The minimum Gasteiger partial charge on any atom is -0.480 e. The Hall–Kier alpha value is -0.650. The SMILES string of the molecule is CNCC1CCCN(CC(N)C(=O)O)C1. The van der Waals surface area contributed by atoms with Gasteiger partial charge in [0.1, 0.15) is 6.04 Å². The zero-order valence-electron chi connectivity index (χ0n) is 9.28. The van der Waals surface area contributed by atoms with Crippen molar-refractivity contribution in [1.82, 2.24) is 10.2 Å². The maximum Gasteiger partial charge on any atom is 0.321 e. The highest BCUT2D eigenvalue weighted by molar-refractivity contribution is 5.73. The lowest BCUT2D eigenvalue weighted by Crippen LogP contribution is -2.47. The molecule has 2 atom stereocenters. The van der Waals surface area contributed by atoms with Gasteiger partial charge in [-0.3, -0.25) is 4.79 Å². The molecular weight excluding hydrogens is 194 g/mol. The van der Waals surface area contributed by atoms with Crippen molar-refractivity contribution in [2.45, 2.75) is 18.9 Å². The van der Waals surface area contributed by atoms with Gasteiger partial charge in [-0.1, -0.05) is 0 Å². The third-order valence-electron chi connectivity index (χ3n) is 2.87. The normalized spacial score (nSPS) is 25.1. The molecule has 5 heteroatoms. The number of hydrogen-bond donors (Lipinski definition) is 3. The molecule has 1 fully saturated rings.